The Kier molecular flexibility index (Phi) is 6.34. The van der Waals surface area contributed by atoms with Crippen molar-refractivity contribution in [2.75, 3.05) is 36.6 Å². The molecule has 0 aromatic carbocycles. The van der Waals surface area contributed by atoms with Gasteiger partial charge in [0.2, 0.25) is 17.8 Å². The van der Waals surface area contributed by atoms with E-state index in [0.29, 0.717) is 17.1 Å². The molecule has 1 rings (SSSR count). The smallest absolute Gasteiger partial charge is 0.230 e. The number of rotatable bonds is 8. The molecule has 8 heteroatoms. The van der Waals surface area contributed by atoms with E-state index in [0.717, 1.165) is 19.4 Å². The average molecular weight is 284 g/mol. The lowest BCUT2D eigenvalue weighted by Gasteiger charge is -2.13. The maximum absolute atomic E-state index is 10.8. The number of aromatic nitrogens is 3. The predicted octanol–water partition coefficient (Wildman–Crippen LogP) is 0.727. The Bertz CT molecular complexity index is 426. The molecule has 0 radical (unpaired) electrons. The highest BCUT2D eigenvalue weighted by Crippen LogP contribution is 2.17. The number of unbranched alkanes of at least 4 members (excludes halogenated alkanes) is 1. The Balaban J connectivity index is 2.80. The summed E-state index contributed by atoms with van der Waals surface area (Å²) >= 11 is 1.21. The molecule has 106 valence electrons. The Labute approximate surface area is 117 Å². The number of hydrogen-bond donors (Lipinski definition) is 2. The van der Waals surface area contributed by atoms with Crippen LogP contribution in [0.2, 0.25) is 0 Å². The first-order valence-electron chi connectivity index (χ1n) is 6.11. The molecule has 7 nitrogen and oxygen atoms in total. The monoisotopic (exact) mass is 284 g/mol. The molecule has 3 N–H and O–H groups in total. The minimum Gasteiger partial charge on any atom is -0.369 e. The maximum Gasteiger partial charge on any atom is 0.230 e. The number of nitrogens with zero attached hydrogens (tertiary/aromatic N) is 4. The minimum absolute atomic E-state index is 0.158. The fraction of sp³-hybridized carbons (Fsp3) is 0.636. The molecule has 0 saturated heterocycles. The summed E-state index contributed by atoms with van der Waals surface area (Å²) < 4.78 is 0. The first-order chi connectivity index (χ1) is 9.02. The van der Waals surface area contributed by atoms with Crippen LogP contribution in [0.4, 0.5) is 11.9 Å². The average Bonchev–Trinajstić information content (AvgIpc) is 2.36. The van der Waals surface area contributed by atoms with Crippen LogP contribution in [0.3, 0.4) is 0 Å². The fourth-order valence-electron chi connectivity index (χ4n) is 1.20. The second-order valence-electron chi connectivity index (χ2n) is 4.17. The topological polar surface area (TPSA) is 97.0 Å². The minimum atomic E-state index is -0.391. The van der Waals surface area contributed by atoms with E-state index >= 15 is 0 Å². The molecular weight excluding hydrogens is 264 g/mol. The number of nitrogens with one attached hydrogen (secondary N) is 1. The number of amides is 1. The fourth-order valence-corrected chi connectivity index (χ4v) is 1.77. The first-order valence-corrected chi connectivity index (χ1v) is 7.10. The van der Waals surface area contributed by atoms with Crippen molar-refractivity contribution in [1.29, 1.82) is 0 Å². The van der Waals surface area contributed by atoms with Crippen LogP contribution < -0.4 is 16.0 Å². The molecule has 0 aliphatic carbocycles. The normalized spacial score (nSPS) is 10.3. The largest absolute Gasteiger partial charge is 0.369 e. The standard InChI is InChI=1S/C11H20N6OS/c1-4-5-6-13-9-14-10(17(2)3)16-11(15-9)19-7-8(12)18/h4-7H2,1-3H3,(H2,12,18)(H,13,14,15,16). The van der Waals surface area contributed by atoms with Crippen molar-refractivity contribution < 1.29 is 4.79 Å². The van der Waals surface area contributed by atoms with Gasteiger partial charge in [0.25, 0.3) is 0 Å². The van der Waals surface area contributed by atoms with Crippen molar-refractivity contribution in [3.8, 4) is 0 Å². The molecule has 0 atom stereocenters. The summed E-state index contributed by atoms with van der Waals surface area (Å²) in [6, 6.07) is 0. The summed E-state index contributed by atoms with van der Waals surface area (Å²) in [6.45, 7) is 2.93. The molecule has 0 saturated carbocycles. The van der Waals surface area contributed by atoms with Crippen LogP contribution in [0, 0.1) is 0 Å². The maximum atomic E-state index is 10.8. The van der Waals surface area contributed by atoms with E-state index in [1.807, 2.05) is 14.1 Å². The van der Waals surface area contributed by atoms with E-state index in [2.05, 4.69) is 27.2 Å². The first kappa shape index (κ1) is 15.5. The highest BCUT2D eigenvalue weighted by atomic mass is 32.2. The summed E-state index contributed by atoms with van der Waals surface area (Å²) in [5.41, 5.74) is 5.12. The second-order valence-corrected chi connectivity index (χ2v) is 5.11. The van der Waals surface area contributed by atoms with Crippen molar-refractivity contribution in [3.05, 3.63) is 0 Å². The van der Waals surface area contributed by atoms with Gasteiger partial charge in [-0.2, -0.15) is 15.0 Å². The molecule has 0 bridgehead atoms. The number of nitrogens with two attached hydrogens (primary N) is 1. The van der Waals surface area contributed by atoms with Crippen LogP contribution >= 0.6 is 11.8 Å². The lowest BCUT2D eigenvalue weighted by Crippen LogP contribution is -2.17. The van der Waals surface area contributed by atoms with Crippen LogP contribution in [-0.4, -0.2) is 47.3 Å². The molecule has 0 aliphatic heterocycles. The predicted molar refractivity (Wildman–Crippen MR) is 77.5 cm³/mol. The number of hydrogen-bond acceptors (Lipinski definition) is 7. The van der Waals surface area contributed by atoms with Gasteiger partial charge in [0.15, 0.2) is 5.16 Å². The number of carbonyl (C=O) groups is 1. The van der Waals surface area contributed by atoms with Crippen molar-refractivity contribution in [2.45, 2.75) is 24.9 Å². The van der Waals surface area contributed by atoms with Gasteiger partial charge in [-0.15, -0.1) is 0 Å². The van der Waals surface area contributed by atoms with Gasteiger partial charge in [-0.05, 0) is 6.42 Å². The highest BCUT2D eigenvalue weighted by molar-refractivity contribution is 7.99. The molecule has 1 amide bonds. The lowest BCUT2D eigenvalue weighted by molar-refractivity contribution is -0.115. The zero-order valence-corrected chi connectivity index (χ0v) is 12.3. The van der Waals surface area contributed by atoms with Gasteiger partial charge in [-0.25, -0.2) is 0 Å². The Morgan fingerprint density at radius 2 is 2.11 bits per heavy atom. The van der Waals surface area contributed by atoms with Gasteiger partial charge in [0, 0.05) is 20.6 Å². The number of primary amides is 1. The van der Waals surface area contributed by atoms with E-state index in [-0.39, 0.29) is 5.75 Å². The zero-order chi connectivity index (χ0) is 14.3. The summed E-state index contributed by atoms with van der Waals surface area (Å²) in [7, 11) is 3.71. The zero-order valence-electron chi connectivity index (χ0n) is 11.5. The Hall–Kier alpha value is -1.57. The molecule has 0 fully saturated rings. The van der Waals surface area contributed by atoms with Crippen LogP contribution in [0.1, 0.15) is 19.8 Å². The SMILES string of the molecule is CCCCNc1nc(SCC(N)=O)nc(N(C)C)n1. The van der Waals surface area contributed by atoms with Crippen molar-refractivity contribution in [1.82, 2.24) is 15.0 Å². The van der Waals surface area contributed by atoms with Gasteiger partial charge in [-0.3, -0.25) is 4.79 Å². The lowest BCUT2D eigenvalue weighted by atomic mass is 10.3. The summed E-state index contributed by atoms with van der Waals surface area (Å²) in [5, 5.41) is 3.65. The van der Waals surface area contributed by atoms with E-state index in [1.54, 1.807) is 4.90 Å². The van der Waals surface area contributed by atoms with E-state index in [9.17, 15) is 4.79 Å². The Morgan fingerprint density at radius 3 is 2.68 bits per heavy atom. The van der Waals surface area contributed by atoms with Gasteiger partial charge in [0.1, 0.15) is 0 Å². The van der Waals surface area contributed by atoms with Gasteiger partial charge < -0.3 is 16.0 Å². The molecule has 0 unspecified atom stereocenters. The third-order valence-corrected chi connectivity index (χ3v) is 3.03. The number of anilines is 2. The van der Waals surface area contributed by atoms with Gasteiger partial charge in [0.05, 0.1) is 5.75 Å². The molecule has 1 heterocycles. The quantitative estimate of drug-likeness (QED) is 0.536. The van der Waals surface area contributed by atoms with Crippen molar-refractivity contribution in [3.63, 3.8) is 0 Å². The third kappa shape index (κ3) is 5.73. The second kappa shape index (κ2) is 7.78. The van der Waals surface area contributed by atoms with E-state index in [1.165, 1.54) is 11.8 Å². The molecule has 1 aromatic rings. The van der Waals surface area contributed by atoms with Crippen molar-refractivity contribution >= 4 is 29.6 Å². The van der Waals surface area contributed by atoms with Crippen LogP contribution in [-0.2, 0) is 4.79 Å². The Morgan fingerprint density at radius 1 is 1.37 bits per heavy atom. The summed E-state index contributed by atoms with van der Waals surface area (Å²) in [4.78, 5) is 25.4. The highest BCUT2D eigenvalue weighted by Gasteiger charge is 2.09. The molecule has 0 aliphatic rings. The molecule has 0 spiro atoms. The van der Waals surface area contributed by atoms with Crippen LogP contribution in [0.15, 0.2) is 5.16 Å². The third-order valence-electron chi connectivity index (χ3n) is 2.16. The van der Waals surface area contributed by atoms with Gasteiger partial charge in [-0.1, -0.05) is 25.1 Å². The molecular formula is C11H20N6OS. The van der Waals surface area contributed by atoms with Crippen molar-refractivity contribution in [2.24, 2.45) is 5.73 Å². The summed E-state index contributed by atoms with van der Waals surface area (Å²) in [6.07, 6.45) is 2.15. The molecule has 19 heavy (non-hydrogen) atoms. The van der Waals surface area contributed by atoms with E-state index in [4.69, 9.17) is 5.73 Å². The number of thioether (sulfide) groups is 1. The molecule has 1 aromatic heterocycles. The number of carbonyl (C=O) groups excluding carboxylic acids is 1. The summed E-state index contributed by atoms with van der Waals surface area (Å²) in [5.74, 6) is 0.850. The van der Waals surface area contributed by atoms with E-state index < -0.39 is 5.91 Å². The van der Waals surface area contributed by atoms with Gasteiger partial charge >= 0.3 is 0 Å². The van der Waals surface area contributed by atoms with Crippen LogP contribution in [0.5, 0.6) is 0 Å². The van der Waals surface area contributed by atoms with Crippen LogP contribution in [0.25, 0.3) is 0 Å².